The summed E-state index contributed by atoms with van der Waals surface area (Å²) in [6, 6.07) is 14.4. The Morgan fingerprint density at radius 3 is 2.59 bits per heavy atom. The largest absolute Gasteiger partial charge is 0.495 e. The van der Waals surface area contributed by atoms with Gasteiger partial charge >= 0.3 is 6.03 Å². The molecule has 0 aliphatic carbocycles. The van der Waals surface area contributed by atoms with Crippen LogP contribution in [0.15, 0.2) is 48.5 Å². The number of carbonyl (C=O) groups is 1. The Morgan fingerprint density at radius 1 is 1.07 bits per heavy atom. The van der Waals surface area contributed by atoms with Crippen molar-refractivity contribution in [3.05, 3.63) is 48.5 Å². The smallest absolute Gasteiger partial charge is 0.325 e. The number of benzene rings is 2. The van der Waals surface area contributed by atoms with Crippen molar-refractivity contribution in [3.63, 3.8) is 0 Å². The highest BCUT2D eigenvalue weighted by Gasteiger charge is 2.11. The number of urea groups is 1. The van der Waals surface area contributed by atoms with Gasteiger partial charge in [0.25, 0.3) is 0 Å². The highest BCUT2D eigenvalue weighted by Crippen LogP contribution is 2.28. The number of hydrogen-bond donors (Lipinski definition) is 2. The quantitative estimate of drug-likeness (QED) is 0.619. The third kappa shape index (κ3) is 4.95. The molecule has 0 atom stereocenters. The summed E-state index contributed by atoms with van der Waals surface area (Å²) >= 11 is 1.29. The van der Waals surface area contributed by atoms with Crippen molar-refractivity contribution in [1.82, 2.24) is 10.2 Å². The molecule has 0 aliphatic heterocycles. The maximum atomic E-state index is 12.2. The summed E-state index contributed by atoms with van der Waals surface area (Å²) in [4.78, 5) is 12.2. The molecule has 0 radical (unpaired) electrons. The van der Waals surface area contributed by atoms with E-state index in [1.165, 1.54) is 11.3 Å². The first-order valence-electron chi connectivity index (χ1n) is 8.47. The van der Waals surface area contributed by atoms with Gasteiger partial charge in [-0.25, -0.2) is 4.79 Å². The van der Waals surface area contributed by atoms with E-state index in [-0.39, 0.29) is 0 Å². The summed E-state index contributed by atoms with van der Waals surface area (Å²) in [5.41, 5.74) is 1.49. The van der Waals surface area contributed by atoms with Gasteiger partial charge in [0.2, 0.25) is 5.13 Å². The molecule has 27 heavy (non-hydrogen) atoms. The van der Waals surface area contributed by atoms with E-state index >= 15 is 0 Å². The number of carbonyl (C=O) groups excluding carboxylic acids is 1. The standard InChI is InChI=1S/C19H20N4O3S/c1-3-12-26-14-10-8-13(9-11-14)17-22-23-19(27-17)21-18(24)20-15-6-4-5-7-16(15)25-2/h4-11H,3,12H2,1-2H3,(H2,20,21,23,24). The van der Waals surface area contributed by atoms with Crippen LogP contribution in [-0.4, -0.2) is 29.9 Å². The molecule has 3 rings (SSSR count). The van der Waals surface area contributed by atoms with Crippen LogP contribution in [-0.2, 0) is 0 Å². The summed E-state index contributed by atoms with van der Waals surface area (Å²) in [6.45, 7) is 2.75. The third-order valence-electron chi connectivity index (χ3n) is 3.57. The number of ether oxygens (including phenoxy) is 2. The molecule has 0 saturated heterocycles. The van der Waals surface area contributed by atoms with Gasteiger partial charge in [0.05, 0.1) is 19.4 Å². The lowest BCUT2D eigenvalue weighted by Gasteiger charge is -2.09. The zero-order valence-electron chi connectivity index (χ0n) is 15.1. The lowest BCUT2D eigenvalue weighted by Crippen LogP contribution is -2.19. The molecule has 2 aromatic carbocycles. The van der Waals surface area contributed by atoms with Crippen molar-refractivity contribution in [3.8, 4) is 22.1 Å². The van der Waals surface area contributed by atoms with Crippen molar-refractivity contribution in [1.29, 1.82) is 0 Å². The van der Waals surface area contributed by atoms with Gasteiger partial charge in [0.15, 0.2) is 0 Å². The van der Waals surface area contributed by atoms with Crippen LogP contribution in [0.2, 0.25) is 0 Å². The highest BCUT2D eigenvalue weighted by atomic mass is 32.1. The fourth-order valence-electron chi connectivity index (χ4n) is 2.30. The van der Waals surface area contributed by atoms with Gasteiger partial charge in [-0.15, -0.1) is 10.2 Å². The van der Waals surface area contributed by atoms with E-state index in [2.05, 4.69) is 27.8 Å². The second-order valence-electron chi connectivity index (χ2n) is 5.56. The maximum Gasteiger partial charge on any atom is 0.325 e. The Hall–Kier alpha value is -3.13. The Bertz CT molecular complexity index is 896. The number of nitrogens with one attached hydrogen (secondary N) is 2. The van der Waals surface area contributed by atoms with Crippen LogP contribution in [0.3, 0.4) is 0 Å². The number of anilines is 2. The second-order valence-corrected chi connectivity index (χ2v) is 6.54. The number of nitrogens with zero attached hydrogens (tertiary/aromatic N) is 2. The molecule has 1 aromatic heterocycles. The number of para-hydroxylation sites is 2. The van der Waals surface area contributed by atoms with Crippen molar-refractivity contribution in [2.45, 2.75) is 13.3 Å². The molecular weight excluding hydrogens is 364 g/mol. The minimum atomic E-state index is -0.412. The molecule has 2 N–H and O–H groups in total. The fraction of sp³-hybridized carbons (Fsp3) is 0.211. The lowest BCUT2D eigenvalue weighted by molar-refractivity contribution is 0.262. The van der Waals surface area contributed by atoms with Crippen LogP contribution >= 0.6 is 11.3 Å². The average Bonchev–Trinajstić information content (AvgIpc) is 3.15. The normalized spacial score (nSPS) is 10.3. The molecule has 3 aromatic rings. The average molecular weight is 384 g/mol. The number of methoxy groups -OCH3 is 1. The van der Waals surface area contributed by atoms with Crippen LogP contribution in [0.4, 0.5) is 15.6 Å². The van der Waals surface area contributed by atoms with Crippen LogP contribution in [0.1, 0.15) is 13.3 Å². The van der Waals surface area contributed by atoms with Gasteiger partial charge in [-0.1, -0.05) is 30.4 Å². The SMILES string of the molecule is CCCOc1ccc(-c2nnc(NC(=O)Nc3ccccc3OC)s2)cc1. The van der Waals surface area contributed by atoms with Crippen molar-refractivity contribution in [2.24, 2.45) is 0 Å². The molecule has 0 saturated carbocycles. The Kier molecular flexibility index (Phi) is 6.22. The van der Waals surface area contributed by atoms with Gasteiger partial charge in [-0.3, -0.25) is 5.32 Å². The zero-order valence-corrected chi connectivity index (χ0v) is 15.9. The van der Waals surface area contributed by atoms with E-state index < -0.39 is 6.03 Å². The number of hydrogen-bond acceptors (Lipinski definition) is 6. The van der Waals surface area contributed by atoms with E-state index in [1.807, 2.05) is 36.4 Å². The summed E-state index contributed by atoms with van der Waals surface area (Å²) < 4.78 is 10.8. The first-order valence-corrected chi connectivity index (χ1v) is 9.29. The van der Waals surface area contributed by atoms with Crippen molar-refractivity contribution >= 4 is 28.2 Å². The fourth-order valence-corrected chi connectivity index (χ4v) is 3.05. The molecular formula is C19H20N4O3S. The summed E-state index contributed by atoms with van der Waals surface area (Å²) in [5, 5.41) is 14.7. The maximum absolute atomic E-state index is 12.2. The number of rotatable bonds is 7. The summed E-state index contributed by atoms with van der Waals surface area (Å²) in [5.74, 6) is 1.40. The van der Waals surface area contributed by atoms with Crippen molar-refractivity contribution < 1.29 is 14.3 Å². The Morgan fingerprint density at radius 2 is 1.85 bits per heavy atom. The molecule has 0 spiro atoms. The van der Waals surface area contributed by atoms with E-state index in [4.69, 9.17) is 9.47 Å². The van der Waals surface area contributed by atoms with E-state index in [0.29, 0.717) is 28.2 Å². The first-order chi connectivity index (χ1) is 13.2. The molecule has 7 nitrogen and oxygen atoms in total. The van der Waals surface area contributed by atoms with Gasteiger partial charge in [-0.2, -0.15) is 0 Å². The molecule has 0 bridgehead atoms. The van der Waals surface area contributed by atoms with Gasteiger partial charge in [-0.05, 0) is 42.8 Å². The van der Waals surface area contributed by atoms with E-state index in [1.54, 1.807) is 19.2 Å². The monoisotopic (exact) mass is 384 g/mol. The minimum Gasteiger partial charge on any atom is -0.495 e. The molecule has 0 fully saturated rings. The molecule has 0 aliphatic rings. The third-order valence-corrected chi connectivity index (χ3v) is 4.46. The molecule has 1 heterocycles. The zero-order chi connectivity index (χ0) is 19.1. The molecule has 0 unspecified atom stereocenters. The Balaban J connectivity index is 1.62. The second kappa shape index (κ2) is 9.00. The van der Waals surface area contributed by atoms with Crippen LogP contribution in [0.25, 0.3) is 10.6 Å². The van der Waals surface area contributed by atoms with Gasteiger partial charge < -0.3 is 14.8 Å². The Labute approximate surface area is 161 Å². The van der Waals surface area contributed by atoms with E-state index in [0.717, 1.165) is 17.7 Å². The van der Waals surface area contributed by atoms with E-state index in [9.17, 15) is 4.79 Å². The summed E-state index contributed by atoms with van der Waals surface area (Å²) in [7, 11) is 1.55. The number of aromatic nitrogens is 2. The molecule has 2 amide bonds. The molecule has 140 valence electrons. The predicted octanol–water partition coefficient (Wildman–Crippen LogP) is 4.65. The summed E-state index contributed by atoms with van der Waals surface area (Å²) in [6.07, 6.45) is 0.962. The first kappa shape index (κ1) is 18.7. The minimum absolute atomic E-state index is 0.406. The van der Waals surface area contributed by atoms with Crippen LogP contribution in [0.5, 0.6) is 11.5 Å². The van der Waals surface area contributed by atoms with Crippen LogP contribution < -0.4 is 20.1 Å². The topological polar surface area (TPSA) is 85.4 Å². The highest BCUT2D eigenvalue weighted by molar-refractivity contribution is 7.18. The molecule has 8 heteroatoms. The predicted molar refractivity (Wildman–Crippen MR) is 107 cm³/mol. The van der Waals surface area contributed by atoms with Crippen molar-refractivity contribution in [2.75, 3.05) is 24.4 Å². The van der Waals surface area contributed by atoms with Crippen LogP contribution in [0, 0.1) is 0 Å². The number of amides is 2. The van der Waals surface area contributed by atoms with Gasteiger partial charge in [0.1, 0.15) is 16.5 Å². The lowest BCUT2D eigenvalue weighted by atomic mass is 10.2. The van der Waals surface area contributed by atoms with Gasteiger partial charge in [0, 0.05) is 5.56 Å².